The fourth-order valence-corrected chi connectivity index (χ4v) is 2.38. The minimum Gasteiger partial charge on any atom is -0.444 e. The SMILES string of the molecule is CC(C)(C)OC(=O)Nc1cnn(-c2cc(C(F)(F)F)cc(C(F)(F)F)c2)c1C(F)(F)F. The third-order valence-electron chi connectivity index (χ3n) is 3.49. The Morgan fingerprint density at radius 1 is 0.871 bits per heavy atom. The smallest absolute Gasteiger partial charge is 0.435 e. The molecule has 2 rings (SSSR count). The summed E-state index contributed by atoms with van der Waals surface area (Å²) < 4.78 is 124. The van der Waals surface area contributed by atoms with Crippen molar-refractivity contribution >= 4 is 11.8 Å². The van der Waals surface area contributed by atoms with Crippen LogP contribution in [0.4, 0.5) is 50.0 Å². The number of amides is 1. The normalized spacial score (nSPS) is 13.3. The van der Waals surface area contributed by atoms with E-state index in [0.29, 0.717) is 6.20 Å². The monoisotopic (exact) mass is 463 g/mol. The second-order valence-electron chi connectivity index (χ2n) is 7.21. The van der Waals surface area contributed by atoms with Gasteiger partial charge in [-0.05, 0) is 39.0 Å². The molecule has 0 spiro atoms. The van der Waals surface area contributed by atoms with E-state index in [2.05, 4.69) is 5.10 Å². The van der Waals surface area contributed by atoms with E-state index in [1.807, 2.05) is 0 Å². The summed E-state index contributed by atoms with van der Waals surface area (Å²) in [6.45, 7) is 4.26. The lowest BCUT2D eigenvalue weighted by molar-refractivity contribution is -0.143. The van der Waals surface area contributed by atoms with Crippen molar-refractivity contribution in [3.05, 3.63) is 41.2 Å². The molecule has 0 radical (unpaired) electrons. The van der Waals surface area contributed by atoms with E-state index < -0.39 is 58.4 Å². The van der Waals surface area contributed by atoms with Crippen molar-refractivity contribution in [2.45, 2.75) is 44.9 Å². The molecule has 0 bridgehead atoms. The Bertz CT molecular complexity index is 935. The van der Waals surface area contributed by atoms with Crippen LogP contribution in [-0.4, -0.2) is 21.5 Å². The molecule has 14 heteroatoms. The minimum absolute atomic E-state index is 0.0781. The number of benzene rings is 1. The van der Waals surface area contributed by atoms with Crippen molar-refractivity contribution in [1.82, 2.24) is 9.78 Å². The van der Waals surface area contributed by atoms with Crippen LogP contribution in [0, 0.1) is 0 Å². The average molecular weight is 463 g/mol. The zero-order valence-electron chi connectivity index (χ0n) is 15.9. The van der Waals surface area contributed by atoms with E-state index in [-0.39, 0.29) is 22.9 Å². The molecular formula is C17H14F9N3O2. The van der Waals surface area contributed by atoms with Crippen molar-refractivity contribution in [3.8, 4) is 5.69 Å². The van der Waals surface area contributed by atoms with Gasteiger partial charge in [-0.15, -0.1) is 0 Å². The molecule has 0 saturated carbocycles. The van der Waals surface area contributed by atoms with Crippen molar-refractivity contribution < 1.29 is 49.0 Å². The van der Waals surface area contributed by atoms with Crippen LogP contribution in [0.2, 0.25) is 0 Å². The number of rotatable bonds is 2. The lowest BCUT2D eigenvalue weighted by Gasteiger charge is -2.20. The predicted octanol–water partition coefficient (Wildman–Crippen LogP) is 6.28. The highest BCUT2D eigenvalue weighted by Gasteiger charge is 2.42. The van der Waals surface area contributed by atoms with Crippen LogP contribution < -0.4 is 5.32 Å². The summed E-state index contributed by atoms with van der Waals surface area (Å²) >= 11 is 0. The highest BCUT2D eigenvalue weighted by molar-refractivity contribution is 5.85. The first-order valence-electron chi connectivity index (χ1n) is 8.24. The third-order valence-corrected chi connectivity index (χ3v) is 3.49. The van der Waals surface area contributed by atoms with E-state index in [9.17, 15) is 44.3 Å². The molecule has 0 fully saturated rings. The van der Waals surface area contributed by atoms with E-state index in [1.54, 1.807) is 5.32 Å². The molecule has 2 aromatic rings. The molecule has 0 aliphatic heterocycles. The fraction of sp³-hybridized carbons (Fsp3) is 0.412. The van der Waals surface area contributed by atoms with Crippen molar-refractivity contribution in [3.63, 3.8) is 0 Å². The van der Waals surface area contributed by atoms with Gasteiger partial charge in [0.05, 0.1) is 28.7 Å². The zero-order chi connectivity index (χ0) is 24.0. The largest absolute Gasteiger partial charge is 0.444 e. The Morgan fingerprint density at radius 3 is 1.74 bits per heavy atom. The number of hydrogen-bond donors (Lipinski definition) is 1. The van der Waals surface area contributed by atoms with Crippen LogP contribution in [0.3, 0.4) is 0 Å². The number of halogens is 9. The Morgan fingerprint density at radius 2 is 1.35 bits per heavy atom. The van der Waals surface area contributed by atoms with Gasteiger partial charge in [0.1, 0.15) is 5.60 Å². The molecule has 5 nitrogen and oxygen atoms in total. The van der Waals surface area contributed by atoms with Crippen LogP contribution >= 0.6 is 0 Å². The fourth-order valence-electron chi connectivity index (χ4n) is 2.38. The molecule has 0 aliphatic carbocycles. The highest BCUT2D eigenvalue weighted by Crippen LogP contribution is 2.40. The van der Waals surface area contributed by atoms with Gasteiger partial charge in [0.2, 0.25) is 0 Å². The van der Waals surface area contributed by atoms with E-state index in [4.69, 9.17) is 4.74 Å². The summed E-state index contributed by atoms with van der Waals surface area (Å²) in [4.78, 5) is 11.8. The van der Waals surface area contributed by atoms with Crippen molar-refractivity contribution in [2.24, 2.45) is 0 Å². The molecule has 1 aromatic heterocycles. The van der Waals surface area contributed by atoms with Gasteiger partial charge in [0.25, 0.3) is 0 Å². The zero-order valence-corrected chi connectivity index (χ0v) is 15.9. The van der Waals surface area contributed by atoms with Gasteiger partial charge in [0.15, 0.2) is 5.69 Å². The Balaban J connectivity index is 2.66. The molecule has 1 N–H and O–H groups in total. The molecule has 31 heavy (non-hydrogen) atoms. The van der Waals surface area contributed by atoms with Gasteiger partial charge in [-0.25, -0.2) is 9.48 Å². The number of nitrogens with one attached hydrogen (secondary N) is 1. The molecule has 1 heterocycles. The van der Waals surface area contributed by atoms with Gasteiger partial charge in [-0.1, -0.05) is 0 Å². The molecule has 172 valence electrons. The van der Waals surface area contributed by atoms with Crippen molar-refractivity contribution in [2.75, 3.05) is 5.32 Å². The Labute approximate surface area is 168 Å². The van der Waals surface area contributed by atoms with E-state index in [1.165, 1.54) is 20.8 Å². The molecule has 0 aliphatic rings. The lowest BCUT2D eigenvalue weighted by Crippen LogP contribution is -2.28. The van der Waals surface area contributed by atoms with Gasteiger partial charge < -0.3 is 4.74 Å². The van der Waals surface area contributed by atoms with Crippen LogP contribution in [0.25, 0.3) is 5.69 Å². The minimum atomic E-state index is -5.31. The molecule has 0 saturated heterocycles. The molecule has 1 amide bonds. The predicted molar refractivity (Wildman–Crippen MR) is 88.4 cm³/mol. The topological polar surface area (TPSA) is 56.1 Å². The summed E-state index contributed by atoms with van der Waals surface area (Å²) in [7, 11) is 0. The third kappa shape index (κ3) is 6.04. The molecule has 1 aromatic carbocycles. The second kappa shape index (κ2) is 7.64. The highest BCUT2D eigenvalue weighted by atomic mass is 19.4. The number of carbonyl (C=O) groups is 1. The first-order valence-corrected chi connectivity index (χ1v) is 8.24. The average Bonchev–Trinajstić information content (AvgIpc) is 2.94. The first-order chi connectivity index (χ1) is 13.8. The maximum atomic E-state index is 13.6. The van der Waals surface area contributed by atoms with Crippen LogP contribution in [0.1, 0.15) is 37.6 Å². The summed E-state index contributed by atoms with van der Waals surface area (Å²) in [5, 5.41) is 4.98. The van der Waals surface area contributed by atoms with Gasteiger partial charge in [-0.2, -0.15) is 44.6 Å². The van der Waals surface area contributed by atoms with Gasteiger partial charge in [0, 0.05) is 0 Å². The number of aromatic nitrogens is 2. The lowest BCUT2D eigenvalue weighted by atomic mass is 10.1. The van der Waals surface area contributed by atoms with Gasteiger partial charge >= 0.3 is 24.6 Å². The number of carbonyl (C=O) groups excluding carboxylic acids is 1. The van der Waals surface area contributed by atoms with Crippen molar-refractivity contribution in [1.29, 1.82) is 0 Å². The summed E-state index contributed by atoms with van der Waals surface area (Å²) in [5.74, 6) is 0. The van der Waals surface area contributed by atoms with Crippen LogP contribution in [-0.2, 0) is 23.3 Å². The van der Waals surface area contributed by atoms with E-state index in [0.717, 1.165) is 0 Å². The Hall–Kier alpha value is -2.93. The quantitative estimate of drug-likeness (QED) is 0.534. The van der Waals surface area contributed by atoms with E-state index >= 15 is 0 Å². The number of anilines is 1. The summed E-state index contributed by atoms with van der Waals surface area (Å²) in [6, 6.07) is -0.0798. The maximum Gasteiger partial charge on any atom is 0.435 e. The second-order valence-corrected chi connectivity index (χ2v) is 7.21. The first kappa shape index (κ1) is 24.3. The molecular weight excluding hydrogens is 449 g/mol. The Kier molecular flexibility index (Phi) is 6.00. The number of ether oxygens (including phenoxy) is 1. The van der Waals surface area contributed by atoms with Gasteiger partial charge in [-0.3, -0.25) is 5.32 Å². The number of alkyl halides is 9. The number of nitrogens with zero attached hydrogens (tertiary/aromatic N) is 2. The van der Waals surface area contributed by atoms with Crippen LogP contribution in [0.15, 0.2) is 24.4 Å². The standard InChI is InChI=1S/C17H14F9N3O2/c1-14(2,3)31-13(30)28-11-7-27-29(12(11)17(24,25)26)10-5-8(15(18,19)20)4-9(6-10)16(21,22)23/h4-7H,1-3H3,(H,28,30). The summed E-state index contributed by atoms with van der Waals surface area (Å²) in [5.41, 5.74) is -8.74. The van der Waals surface area contributed by atoms with Crippen LogP contribution in [0.5, 0.6) is 0 Å². The summed E-state index contributed by atoms with van der Waals surface area (Å²) in [6.07, 6.45) is -16.8. The number of hydrogen-bond acceptors (Lipinski definition) is 3. The molecule has 0 atom stereocenters. The maximum absolute atomic E-state index is 13.6. The molecule has 0 unspecified atom stereocenters.